The lowest BCUT2D eigenvalue weighted by Gasteiger charge is -2.28. The number of halogens is 1. The van der Waals surface area contributed by atoms with Gasteiger partial charge < -0.3 is 25.5 Å². The molecular weight excluding hydrogens is 372 g/mol. The number of fused-ring (bicyclic) bond motifs is 5. The van der Waals surface area contributed by atoms with Crippen LogP contribution in [0.2, 0.25) is 0 Å². The summed E-state index contributed by atoms with van der Waals surface area (Å²) < 4.78 is 0. The molecule has 27 heavy (non-hydrogen) atoms. The van der Waals surface area contributed by atoms with Crippen LogP contribution < -0.4 is 10.6 Å². The van der Waals surface area contributed by atoms with Gasteiger partial charge in [0.1, 0.15) is 34.8 Å². The monoisotopic (exact) mass is 384 g/mol. The van der Waals surface area contributed by atoms with Gasteiger partial charge in [-0.3, -0.25) is 4.79 Å². The zero-order valence-corrected chi connectivity index (χ0v) is 14.4. The minimum absolute atomic E-state index is 0.0213. The SMILES string of the molecule is O=c1ccc2c3c4c(c(O)cc3c3ccc(O)c1c3-2)C(O)C(O)C(Cl)C=4O. The molecule has 2 aromatic rings. The molecule has 7 heteroatoms. The quantitative estimate of drug-likeness (QED) is 0.294. The Kier molecular flexibility index (Phi) is 3.11. The number of alkyl halides is 1. The van der Waals surface area contributed by atoms with Gasteiger partial charge in [-0.15, -0.1) is 11.6 Å². The molecule has 0 fully saturated rings. The predicted molar refractivity (Wildman–Crippen MR) is 101 cm³/mol. The molecule has 5 rings (SSSR count). The molecule has 3 aliphatic carbocycles. The zero-order chi connectivity index (χ0) is 19.2. The maximum atomic E-state index is 12.3. The van der Waals surface area contributed by atoms with Gasteiger partial charge in [-0.05, 0) is 40.6 Å². The van der Waals surface area contributed by atoms with Crippen LogP contribution in [0.15, 0.2) is 35.1 Å². The third-order valence-corrected chi connectivity index (χ3v) is 5.91. The first-order valence-electron chi connectivity index (χ1n) is 8.25. The molecule has 0 amide bonds. The fourth-order valence-corrected chi connectivity index (χ4v) is 4.50. The van der Waals surface area contributed by atoms with Crippen LogP contribution in [0.5, 0.6) is 11.5 Å². The van der Waals surface area contributed by atoms with E-state index in [1.54, 1.807) is 12.1 Å². The molecule has 0 radical (unpaired) electrons. The lowest BCUT2D eigenvalue weighted by atomic mass is 9.88. The van der Waals surface area contributed by atoms with Crippen molar-refractivity contribution in [3.8, 4) is 22.6 Å². The van der Waals surface area contributed by atoms with E-state index in [4.69, 9.17) is 11.6 Å². The smallest absolute Gasteiger partial charge is 0.190 e. The molecule has 0 saturated heterocycles. The van der Waals surface area contributed by atoms with E-state index < -0.39 is 17.6 Å². The number of benzene rings is 3. The highest BCUT2D eigenvalue weighted by Gasteiger charge is 2.38. The van der Waals surface area contributed by atoms with Gasteiger partial charge in [-0.2, -0.15) is 0 Å². The van der Waals surface area contributed by atoms with Crippen LogP contribution in [-0.4, -0.2) is 37.0 Å². The third kappa shape index (κ3) is 1.84. The van der Waals surface area contributed by atoms with E-state index in [0.29, 0.717) is 27.3 Å². The Morgan fingerprint density at radius 1 is 0.889 bits per heavy atom. The maximum Gasteiger partial charge on any atom is 0.190 e. The van der Waals surface area contributed by atoms with Gasteiger partial charge in [-0.1, -0.05) is 6.07 Å². The Morgan fingerprint density at radius 2 is 1.63 bits per heavy atom. The van der Waals surface area contributed by atoms with E-state index in [2.05, 4.69) is 0 Å². The highest BCUT2D eigenvalue weighted by molar-refractivity contribution is 6.27. The summed E-state index contributed by atoms with van der Waals surface area (Å²) in [5.41, 5.74) is 0.704. The Balaban J connectivity index is 2.14. The van der Waals surface area contributed by atoms with Gasteiger partial charge in [0.2, 0.25) is 0 Å². The Bertz CT molecular complexity index is 1330. The first-order valence-corrected chi connectivity index (χ1v) is 8.69. The molecule has 0 aromatic heterocycles. The highest BCUT2D eigenvalue weighted by atomic mass is 35.5. The van der Waals surface area contributed by atoms with Crippen molar-refractivity contribution in [2.45, 2.75) is 17.6 Å². The van der Waals surface area contributed by atoms with Gasteiger partial charge in [-0.25, -0.2) is 0 Å². The van der Waals surface area contributed by atoms with E-state index >= 15 is 0 Å². The van der Waals surface area contributed by atoms with Crippen molar-refractivity contribution >= 4 is 38.9 Å². The van der Waals surface area contributed by atoms with Crippen LogP contribution in [0, 0.1) is 0 Å². The average Bonchev–Trinajstić information content (AvgIpc) is 2.95. The number of phenols is 2. The molecule has 2 aromatic carbocycles. The zero-order valence-electron chi connectivity index (χ0n) is 13.6. The molecule has 0 spiro atoms. The average molecular weight is 385 g/mol. The summed E-state index contributed by atoms with van der Waals surface area (Å²) in [6.45, 7) is 0. The van der Waals surface area contributed by atoms with Gasteiger partial charge in [0.05, 0.1) is 5.39 Å². The molecule has 3 aliphatic rings. The molecule has 0 saturated carbocycles. The number of aliphatic hydroxyl groups excluding tert-OH is 3. The fourth-order valence-electron chi connectivity index (χ4n) is 4.25. The minimum Gasteiger partial charge on any atom is -0.510 e. The standard InChI is InChI=1S/C20H13ClO6/c21-17-18(25)16-13-7-2-4-10(23)14-9(22)3-1-6(12(7)14)8(13)5-11(24)15(16)19(26)20(17)27/h1-5,17,19-20,22,24-27H. The van der Waals surface area contributed by atoms with Gasteiger partial charge >= 0.3 is 0 Å². The van der Waals surface area contributed by atoms with Crippen molar-refractivity contribution in [1.29, 1.82) is 0 Å². The molecule has 3 atom stereocenters. The maximum absolute atomic E-state index is 12.3. The fraction of sp³-hybridized carbons (Fsp3) is 0.150. The van der Waals surface area contributed by atoms with Crippen molar-refractivity contribution in [2.24, 2.45) is 0 Å². The molecule has 3 unspecified atom stereocenters. The minimum atomic E-state index is -1.49. The van der Waals surface area contributed by atoms with E-state index in [1.165, 1.54) is 18.2 Å². The molecule has 136 valence electrons. The number of hydrogen-bond donors (Lipinski definition) is 5. The second-order valence-electron chi connectivity index (χ2n) is 6.82. The number of rotatable bonds is 0. The molecule has 0 bridgehead atoms. The van der Waals surface area contributed by atoms with Crippen LogP contribution in [0.3, 0.4) is 0 Å². The summed E-state index contributed by atoms with van der Waals surface area (Å²) in [4.78, 5) is 12.3. The first-order chi connectivity index (χ1) is 12.8. The highest BCUT2D eigenvalue weighted by Crippen LogP contribution is 2.46. The van der Waals surface area contributed by atoms with Crippen molar-refractivity contribution < 1.29 is 25.5 Å². The summed E-state index contributed by atoms with van der Waals surface area (Å²) in [7, 11) is 0. The van der Waals surface area contributed by atoms with Crippen LogP contribution in [0.4, 0.5) is 0 Å². The van der Waals surface area contributed by atoms with E-state index in [9.17, 15) is 30.3 Å². The van der Waals surface area contributed by atoms with Crippen LogP contribution in [0.25, 0.3) is 38.4 Å². The Hall–Kier alpha value is -2.80. The summed E-state index contributed by atoms with van der Waals surface area (Å²) in [6, 6.07) is 7.34. The van der Waals surface area contributed by atoms with E-state index in [1.807, 2.05) is 0 Å². The summed E-state index contributed by atoms with van der Waals surface area (Å²) in [5.74, 6) is -0.833. The topological polar surface area (TPSA) is 118 Å². The van der Waals surface area contributed by atoms with Crippen molar-refractivity contribution in [1.82, 2.24) is 0 Å². The molecular formula is C20H13ClO6. The van der Waals surface area contributed by atoms with E-state index in [0.717, 1.165) is 0 Å². The number of aliphatic hydroxyl groups is 3. The molecule has 0 aliphatic heterocycles. The Morgan fingerprint density at radius 3 is 2.37 bits per heavy atom. The number of aromatic hydroxyl groups is 2. The lowest BCUT2D eigenvalue weighted by molar-refractivity contribution is 0.0152. The van der Waals surface area contributed by atoms with E-state index in [-0.39, 0.29) is 38.9 Å². The van der Waals surface area contributed by atoms with Crippen molar-refractivity contribution in [3.63, 3.8) is 0 Å². The Labute approximate surface area is 156 Å². The second-order valence-corrected chi connectivity index (χ2v) is 7.29. The normalized spacial score (nSPS) is 22.8. The number of phenolic OH excluding ortho intramolecular Hbond substituents is 2. The van der Waals surface area contributed by atoms with Gasteiger partial charge in [0.25, 0.3) is 0 Å². The summed E-state index contributed by atoms with van der Waals surface area (Å²) in [5, 5.41) is 52.5. The third-order valence-electron chi connectivity index (χ3n) is 5.44. The van der Waals surface area contributed by atoms with Crippen molar-refractivity contribution in [2.75, 3.05) is 0 Å². The molecule has 5 N–H and O–H groups in total. The lowest BCUT2D eigenvalue weighted by Crippen LogP contribution is -2.40. The molecule has 0 heterocycles. The summed E-state index contributed by atoms with van der Waals surface area (Å²) >= 11 is 6.09. The molecule has 6 nitrogen and oxygen atoms in total. The van der Waals surface area contributed by atoms with Crippen LogP contribution in [-0.2, 0) is 0 Å². The summed E-state index contributed by atoms with van der Waals surface area (Å²) in [6.07, 6.45) is -2.98. The van der Waals surface area contributed by atoms with Crippen LogP contribution in [0.1, 0.15) is 11.7 Å². The second kappa shape index (κ2) is 5.13. The van der Waals surface area contributed by atoms with Gasteiger partial charge in [0, 0.05) is 21.7 Å². The first kappa shape index (κ1) is 16.4. The number of hydrogen-bond acceptors (Lipinski definition) is 6. The largest absolute Gasteiger partial charge is 0.510 e. The van der Waals surface area contributed by atoms with Crippen LogP contribution >= 0.6 is 11.6 Å². The van der Waals surface area contributed by atoms with Crippen molar-refractivity contribution in [3.05, 3.63) is 51.3 Å². The van der Waals surface area contributed by atoms with Gasteiger partial charge in [0.15, 0.2) is 5.43 Å². The predicted octanol–water partition coefficient (Wildman–Crippen LogP) is 1.71.